The Hall–Kier alpha value is -2.88. The van der Waals surface area contributed by atoms with E-state index in [1.54, 1.807) is 6.21 Å². The molecule has 0 N–H and O–H groups in total. The van der Waals surface area contributed by atoms with E-state index in [1.165, 1.54) is 0 Å². The second kappa shape index (κ2) is 7.78. The van der Waals surface area contributed by atoms with Gasteiger partial charge in [0, 0.05) is 11.2 Å². The molecule has 3 aromatic carbocycles. The van der Waals surface area contributed by atoms with Gasteiger partial charge in [0.1, 0.15) is 5.52 Å². The molecule has 0 aliphatic rings. The van der Waals surface area contributed by atoms with E-state index in [-0.39, 0.29) is 0 Å². The van der Waals surface area contributed by atoms with Crippen molar-refractivity contribution in [3.05, 3.63) is 88.4 Å². The van der Waals surface area contributed by atoms with Gasteiger partial charge in [0.25, 0.3) is 0 Å². The Morgan fingerprint density at radius 3 is 2.56 bits per heavy atom. The number of allylic oxidation sites excluding steroid dienone is 1. The molecule has 4 rings (SSSR count). The van der Waals surface area contributed by atoms with Gasteiger partial charge in [-0.15, -0.1) is 0 Å². The van der Waals surface area contributed by atoms with Crippen LogP contribution >= 0.6 is 23.2 Å². The van der Waals surface area contributed by atoms with Gasteiger partial charge >= 0.3 is 0 Å². The molecule has 0 radical (unpaired) electrons. The fourth-order valence-corrected chi connectivity index (χ4v) is 2.95. The topological polar surface area (TPSA) is 38.4 Å². The number of aromatic nitrogens is 1. The maximum Gasteiger partial charge on any atom is 0.228 e. The minimum Gasteiger partial charge on any atom is -0.436 e. The summed E-state index contributed by atoms with van der Waals surface area (Å²) in [4.78, 5) is 8.98. The normalized spacial score (nSPS) is 11.8. The van der Waals surface area contributed by atoms with Gasteiger partial charge in [-0.1, -0.05) is 53.5 Å². The molecular formula is C22H14Cl2N2O. The zero-order valence-electron chi connectivity index (χ0n) is 14.1. The third-order valence-corrected chi connectivity index (χ3v) is 4.53. The van der Waals surface area contributed by atoms with Crippen LogP contribution in [0.1, 0.15) is 5.56 Å². The number of nitrogens with zero attached hydrogens (tertiary/aromatic N) is 2. The van der Waals surface area contributed by atoms with E-state index in [0.717, 1.165) is 27.4 Å². The minimum atomic E-state index is 0.499. The number of halogens is 2. The minimum absolute atomic E-state index is 0.499. The Kier molecular flexibility index (Phi) is 5.05. The number of benzene rings is 3. The van der Waals surface area contributed by atoms with Crippen molar-refractivity contribution in [1.29, 1.82) is 0 Å². The summed E-state index contributed by atoms with van der Waals surface area (Å²) in [5.41, 5.74) is 4.05. The van der Waals surface area contributed by atoms with Crippen molar-refractivity contribution in [3.63, 3.8) is 0 Å². The van der Waals surface area contributed by atoms with Crippen molar-refractivity contribution in [2.45, 2.75) is 0 Å². The van der Waals surface area contributed by atoms with Gasteiger partial charge < -0.3 is 4.42 Å². The number of hydrogen-bond donors (Lipinski definition) is 0. The molecule has 0 saturated heterocycles. The predicted molar refractivity (Wildman–Crippen MR) is 113 cm³/mol. The lowest BCUT2D eigenvalue weighted by Gasteiger charge is -1.96. The van der Waals surface area contributed by atoms with Gasteiger partial charge in [0.05, 0.1) is 16.3 Å². The Morgan fingerprint density at radius 1 is 0.926 bits per heavy atom. The number of aliphatic imine (C=N–C) groups is 1. The molecule has 0 aliphatic carbocycles. The molecule has 0 fully saturated rings. The van der Waals surface area contributed by atoms with E-state index in [2.05, 4.69) is 9.98 Å². The quantitative estimate of drug-likeness (QED) is 0.343. The second-order valence-electron chi connectivity index (χ2n) is 5.84. The zero-order valence-corrected chi connectivity index (χ0v) is 15.7. The SMILES string of the molecule is Clc1ccc(C=CC=Nc2ccc3oc(-c4ccccc4Cl)nc3c2)cc1. The summed E-state index contributed by atoms with van der Waals surface area (Å²) in [6.07, 6.45) is 5.58. The van der Waals surface area contributed by atoms with Crippen molar-refractivity contribution >= 4 is 52.3 Å². The number of oxazole rings is 1. The van der Waals surface area contributed by atoms with Crippen LogP contribution in [0.5, 0.6) is 0 Å². The molecule has 132 valence electrons. The first kappa shape index (κ1) is 17.5. The smallest absolute Gasteiger partial charge is 0.228 e. The van der Waals surface area contributed by atoms with E-state index in [0.29, 0.717) is 16.5 Å². The first-order valence-corrected chi connectivity index (χ1v) is 9.06. The standard InChI is InChI=1S/C22H14Cl2N2O/c23-16-9-7-15(8-10-16)4-3-13-25-17-11-12-21-20(14-17)26-22(27-21)18-5-1-2-6-19(18)24/h1-14H. The van der Waals surface area contributed by atoms with Crippen LogP contribution < -0.4 is 0 Å². The third kappa shape index (κ3) is 4.11. The van der Waals surface area contributed by atoms with Crippen molar-refractivity contribution in [2.24, 2.45) is 4.99 Å². The molecule has 0 spiro atoms. The van der Waals surface area contributed by atoms with Gasteiger partial charge in [0.2, 0.25) is 5.89 Å². The van der Waals surface area contributed by atoms with Crippen molar-refractivity contribution < 1.29 is 4.42 Å². The summed E-state index contributed by atoms with van der Waals surface area (Å²) < 4.78 is 5.81. The number of hydrogen-bond acceptors (Lipinski definition) is 3. The van der Waals surface area contributed by atoms with E-state index in [9.17, 15) is 0 Å². The monoisotopic (exact) mass is 392 g/mol. The Bertz CT molecular complexity index is 1140. The fraction of sp³-hybridized carbons (Fsp3) is 0. The fourth-order valence-electron chi connectivity index (χ4n) is 2.60. The van der Waals surface area contributed by atoms with Crippen molar-refractivity contribution in [1.82, 2.24) is 4.98 Å². The van der Waals surface area contributed by atoms with Crippen molar-refractivity contribution in [2.75, 3.05) is 0 Å². The lowest BCUT2D eigenvalue weighted by Crippen LogP contribution is -1.77. The van der Waals surface area contributed by atoms with E-state index < -0.39 is 0 Å². The summed E-state index contributed by atoms with van der Waals surface area (Å²) in [5.74, 6) is 0.499. The molecule has 0 atom stereocenters. The number of rotatable bonds is 4. The first-order valence-electron chi connectivity index (χ1n) is 8.31. The molecular weight excluding hydrogens is 379 g/mol. The van der Waals surface area contributed by atoms with E-state index >= 15 is 0 Å². The van der Waals surface area contributed by atoms with Crippen LogP contribution in [0, 0.1) is 0 Å². The van der Waals surface area contributed by atoms with Crippen LogP contribution in [0.15, 0.2) is 82.2 Å². The van der Waals surface area contributed by atoms with Crippen LogP contribution in [0.2, 0.25) is 10.0 Å². The highest BCUT2D eigenvalue weighted by Gasteiger charge is 2.11. The van der Waals surface area contributed by atoms with E-state index in [4.69, 9.17) is 27.6 Å². The average Bonchev–Trinajstić information content (AvgIpc) is 3.10. The van der Waals surface area contributed by atoms with Gasteiger partial charge in [-0.25, -0.2) is 4.98 Å². The molecule has 0 amide bonds. The molecule has 27 heavy (non-hydrogen) atoms. The van der Waals surface area contributed by atoms with Crippen LogP contribution in [-0.4, -0.2) is 11.2 Å². The summed E-state index contributed by atoms with van der Waals surface area (Å²) in [6.45, 7) is 0. The molecule has 0 unspecified atom stereocenters. The molecule has 0 bridgehead atoms. The molecule has 4 aromatic rings. The lowest BCUT2D eigenvalue weighted by atomic mass is 10.2. The summed E-state index contributed by atoms with van der Waals surface area (Å²) in [7, 11) is 0. The predicted octanol–water partition coefficient (Wildman–Crippen LogP) is 7.22. The maximum atomic E-state index is 6.22. The third-order valence-electron chi connectivity index (χ3n) is 3.94. The van der Waals surface area contributed by atoms with Crippen LogP contribution in [0.4, 0.5) is 5.69 Å². The Labute approximate surface area is 166 Å². The number of fused-ring (bicyclic) bond motifs is 1. The Balaban J connectivity index is 1.55. The van der Waals surface area contributed by atoms with Crippen LogP contribution in [0.3, 0.4) is 0 Å². The van der Waals surface area contributed by atoms with Gasteiger partial charge in [-0.05, 0) is 54.1 Å². The average molecular weight is 393 g/mol. The summed E-state index contributed by atoms with van der Waals surface area (Å²) in [5, 5.41) is 1.33. The van der Waals surface area contributed by atoms with E-state index in [1.807, 2.05) is 78.9 Å². The zero-order chi connectivity index (χ0) is 18.6. The molecule has 0 saturated carbocycles. The molecule has 5 heteroatoms. The highest BCUT2D eigenvalue weighted by atomic mass is 35.5. The maximum absolute atomic E-state index is 6.22. The second-order valence-corrected chi connectivity index (χ2v) is 6.68. The lowest BCUT2D eigenvalue weighted by molar-refractivity contribution is 0.620. The largest absolute Gasteiger partial charge is 0.436 e. The highest BCUT2D eigenvalue weighted by molar-refractivity contribution is 6.33. The summed E-state index contributed by atoms with van der Waals surface area (Å²) in [6, 6.07) is 20.7. The van der Waals surface area contributed by atoms with Crippen LogP contribution in [-0.2, 0) is 0 Å². The Morgan fingerprint density at radius 2 is 1.74 bits per heavy atom. The molecule has 0 aliphatic heterocycles. The summed E-state index contributed by atoms with van der Waals surface area (Å²) >= 11 is 12.1. The molecule has 1 heterocycles. The van der Waals surface area contributed by atoms with Gasteiger partial charge in [0.15, 0.2) is 5.58 Å². The first-order chi connectivity index (χ1) is 13.2. The molecule has 3 nitrogen and oxygen atoms in total. The molecule has 1 aromatic heterocycles. The van der Waals surface area contributed by atoms with Crippen molar-refractivity contribution in [3.8, 4) is 11.5 Å². The van der Waals surface area contributed by atoms with Gasteiger partial charge in [-0.3, -0.25) is 4.99 Å². The van der Waals surface area contributed by atoms with Gasteiger partial charge in [-0.2, -0.15) is 0 Å². The van der Waals surface area contributed by atoms with Crippen LogP contribution in [0.25, 0.3) is 28.6 Å². The highest BCUT2D eigenvalue weighted by Crippen LogP contribution is 2.31.